The molecule has 1 aromatic heterocycles. The molecule has 2 fully saturated rings. The number of hydrogen-bond donors (Lipinski definition) is 2. The Labute approximate surface area is 161 Å². The topological polar surface area (TPSA) is 92.0 Å². The molecule has 1 aromatic carbocycles. The number of halogens is 1. The van der Waals surface area contributed by atoms with Gasteiger partial charge in [0, 0.05) is 36.1 Å². The van der Waals surface area contributed by atoms with Gasteiger partial charge >= 0.3 is 0 Å². The van der Waals surface area contributed by atoms with Crippen LogP contribution in [0.3, 0.4) is 0 Å². The molecule has 2 atom stereocenters. The van der Waals surface area contributed by atoms with Crippen LogP contribution in [-0.2, 0) is 4.79 Å². The first-order valence-corrected chi connectivity index (χ1v) is 9.35. The Morgan fingerprint density at radius 1 is 1.44 bits per heavy atom. The van der Waals surface area contributed by atoms with Crippen molar-refractivity contribution in [2.24, 2.45) is 5.41 Å². The Morgan fingerprint density at radius 2 is 2.26 bits per heavy atom. The number of carbonyl (C=O) groups excluding carboxylic acids is 2. The number of benzene rings is 1. The van der Waals surface area contributed by atoms with Gasteiger partial charge in [0.25, 0.3) is 5.91 Å². The number of amides is 2. The molecule has 2 aliphatic heterocycles. The van der Waals surface area contributed by atoms with E-state index < -0.39 is 11.5 Å². The fourth-order valence-corrected chi connectivity index (χ4v) is 4.33. The second kappa shape index (κ2) is 6.73. The van der Waals surface area contributed by atoms with E-state index in [0.29, 0.717) is 47.7 Å². The molecule has 0 saturated carbocycles. The van der Waals surface area contributed by atoms with Crippen molar-refractivity contribution in [3.8, 4) is 5.75 Å². The normalized spacial score (nSPS) is 25.7. The predicted molar refractivity (Wildman–Crippen MR) is 99.0 cm³/mol. The van der Waals surface area contributed by atoms with E-state index in [1.807, 2.05) is 0 Å². The van der Waals surface area contributed by atoms with Crippen molar-refractivity contribution in [3.05, 3.63) is 29.0 Å². The van der Waals surface area contributed by atoms with Crippen molar-refractivity contribution < 1.29 is 23.8 Å². The summed E-state index contributed by atoms with van der Waals surface area (Å²) < 4.78 is 11.0. The Bertz CT molecular complexity index is 911. The molecule has 7 nitrogen and oxygen atoms in total. The number of rotatable bonds is 2. The number of likely N-dealkylation sites (tertiary alicyclic amines) is 1. The van der Waals surface area contributed by atoms with Gasteiger partial charge in [-0.05, 0) is 31.4 Å². The molecule has 2 N–H and O–H groups in total. The van der Waals surface area contributed by atoms with E-state index in [4.69, 9.17) is 20.8 Å². The van der Waals surface area contributed by atoms with Gasteiger partial charge in [-0.3, -0.25) is 9.59 Å². The second-order valence-electron chi connectivity index (χ2n) is 7.18. The number of hydrogen-bond acceptors (Lipinski definition) is 5. The Morgan fingerprint density at radius 3 is 3.00 bits per heavy atom. The number of nitrogens with one attached hydrogen (secondary N) is 1. The highest BCUT2D eigenvalue weighted by molar-refractivity contribution is 6.31. The maximum atomic E-state index is 13.0. The van der Waals surface area contributed by atoms with Gasteiger partial charge in [-0.25, -0.2) is 0 Å². The number of furan rings is 1. The molecule has 8 heteroatoms. The third kappa shape index (κ3) is 2.95. The van der Waals surface area contributed by atoms with Gasteiger partial charge in [-0.15, -0.1) is 0 Å². The van der Waals surface area contributed by atoms with E-state index in [2.05, 4.69) is 5.32 Å². The fraction of sp³-hybridized carbons (Fsp3) is 0.474. The van der Waals surface area contributed by atoms with Crippen LogP contribution in [0, 0.1) is 5.41 Å². The average Bonchev–Trinajstić information content (AvgIpc) is 3.08. The summed E-state index contributed by atoms with van der Waals surface area (Å²) in [6.45, 7) is 1.14. The van der Waals surface area contributed by atoms with Crippen molar-refractivity contribution >= 4 is 34.4 Å². The van der Waals surface area contributed by atoms with E-state index in [0.717, 1.165) is 6.42 Å². The molecule has 0 bridgehead atoms. The highest BCUT2D eigenvalue weighted by Crippen LogP contribution is 2.38. The Kier molecular flexibility index (Phi) is 4.52. The monoisotopic (exact) mass is 392 g/mol. The third-order valence-electron chi connectivity index (χ3n) is 5.59. The summed E-state index contributed by atoms with van der Waals surface area (Å²) in [5.74, 6) is 0.118. The third-order valence-corrected chi connectivity index (χ3v) is 5.80. The Balaban J connectivity index is 1.65. The van der Waals surface area contributed by atoms with Gasteiger partial charge in [-0.2, -0.15) is 0 Å². The minimum absolute atomic E-state index is 0.160. The van der Waals surface area contributed by atoms with Gasteiger partial charge < -0.3 is 24.5 Å². The van der Waals surface area contributed by atoms with Crippen molar-refractivity contribution in [2.45, 2.75) is 25.4 Å². The standard InChI is InChI=1S/C19H21ClN2O5/c1-26-13-9-12(20)7-11-8-14(27-16(11)13)17(24)22-6-3-15(23)19(10-22)4-2-5-21-18(19)25/h7-9,15,23H,2-6,10H2,1H3,(H,21,25)/t15?,19-/m1/s1. The lowest BCUT2D eigenvalue weighted by Crippen LogP contribution is -2.62. The summed E-state index contributed by atoms with van der Waals surface area (Å²) in [7, 11) is 1.51. The highest BCUT2D eigenvalue weighted by Gasteiger charge is 2.50. The number of piperidine rings is 2. The molecule has 2 saturated heterocycles. The lowest BCUT2D eigenvalue weighted by Gasteiger charge is -2.46. The fourth-order valence-electron chi connectivity index (χ4n) is 4.12. The molecule has 0 radical (unpaired) electrons. The van der Waals surface area contributed by atoms with E-state index >= 15 is 0 Å². The number of nitrogens with zero attached hydrogens (tertiary/aromatic N) is 1. The van der Waals surface area contributed by atoms with E-state index in [1.54, 1.807) is 23.1 Å². The molecular formula is C19H21ClN2O5. The highest BCUT2D eigenvalue weighted by atomic mass is 35.5. The van der Waals surface area contributed by atoms with Crippen LogP contribution in [0.5, 0.6) is 5.75 Å². The van der Waals surface area contributed by atoms with Gasteiger partial charge in [-0.1, -0.05) is 11.6 Å². The molecule has 2 aliphatic rings. The zero-order chi connectivity index (χ0) is 19.2. The molecule has 1 spiro atoms. The van der Waals surface area contributed by atoms with Gasteiger partial charge in [0.1, 0.15) is 0 Å². The first kappa shape index (κ1) is 18.1. The SMILES string of the molecule is COc1cc(Cl)cc2cc(C(=O)N3CCC(O)[C@@]4(CCCNC4=O)C3)oc12. The van der Waals surface area contributed by atoms with Crippen LogP contribution in [0.2, 0.25) is 5.02 Å². The van der Waals surface area contributed by atoms with Crippen molar-refractivity contribution in [1.82, 2.24) is 10.2 Å². The largest absolute Gasteiger partial charge is 0.493 e. The van der Waals surface area contributed by atoms with E-state index in [1.165, 1.54) is 7.11 Å². The molecule has 2 amide bonds. The first-order valence-electron chi connectivity index (χ1n) is 8.97. The molecule has 1 unspecified atom stereocenters. The number of aliphatic hydroxyl groups excluding tert-OH is 1. The van der Waals surface area contributed by atoms with Crippen LogP contribution in [-0.4, -0.2) is 54.7 Å². The zero-order valence-electron chi connectivity index (χ0n) is 15.0. The summed E-state index contributed by atoms with van der Waals surface area (Å²) in [6.07, 6.45) is 0.948. The maximum absolute atomic E-state index is 13.0. The summed E-state index contributed by atoms with van der Waals surface area (Å²) >= 11 is 6.08. The summed E-state index contributed by atoms with van der Waals surface area (Å²) in [5, 5.41) is 14.5. The molecule has 2 aromatic rings. The lowest BCUT2D eigenvalue weighted by molar-refractivity contribution is -0.147. The molecule has 0 aliphatic carbocycles. The van der Waals surface area contributed by atoms with Crippen molar-refractivity contribution in [1.29, 1.82) is 0 Å². The van der Waals surface area contributed by atoms with Crippen LogP contribution in [0.4, 0.5) is 0 Å². The summed E-state index contributed by atoms with van der Waals surface area (Å²) in [4.78, 5) is 27.1. The Hall–Kier alpha value is -2.25. The van der Waals surface area contributed by atoms with Crippen molar-refractivity contribution in [3.63, 3.8) is 0 Å². The molecule has 3 heterocycles. The summed E-state index contributed by atoms with van der Waals surface area (Å²) in [6, 6.07) is 4.96. The number of ether oxygens (including phenoxy) is 1. The number of carbonyl (C=O) groups is 2. The molecule has 27 heavy (non-hydrogen) atoms. The van der Waals surface area contributed by atoms with Gasteiger partial charge in [0.15, 0.2) is 17.1 Å². The number of methoxy groups -OCH3 is 1. The quantitative estimate of drug-likeness (QED) is 0.817. The van der Waals surface area contributed by atoms with E-state index in [9.17, 15) is 14.7 Å². The molecule has 4 rings (SSSR count). The predicted octanol–water partition coefficient (Wildman–Crippen LogP) is 2.20. The van der Waals surface area contributed by atoms with Crippen LogP contribution in [0.15, 0.2) is 22.6 Å². The van der Waals surface area contributed by atoms with Crippen LogP contribution >= 0.6 is 11.6 Å². The minimum Gasteiger partial charge on any atom is -0.493 e. The molecular weight excluding hydrogens is 372 g/mol. The molecule has 144 valence electrons. The lowest BCUT2D eigenvalue weighted by atomic mass is 9.71. The number of aliphatic hydroxyl groups is 1. The maximum Gasteiger partial charge on any atom is 0.289 e. The minimum atomic E-state index is -0.945. The van der Waals surface area contributed by atoms with Crippen LogP contribution in [0.1, 0.15) is 29.8 Å². The van der Waals surface area contributed by atoms with Crippen LogP contribution in [0.25, 0.3) is 11.0 Å². The smallest absolute Gasteiger partial charge is 0.289 e. The van der Waals surface area contributed by atoms with Gasteiger partial charge in [0.05, 0.1) is 18.6 Å². The first-order chi connectivity index (χ1) is 12.9. The zero-order valence-corrected chi connectivity index (χ0v) is 15.7. The van der Waals surface area contributed by atoms with E-state index in [-0.39, 0.29) is 24.1 Å². The van der Waals surface area contributed by atoms with Gasteiger partial charge in [0.2, 0.25) is 5.91 Å². The van der Waals surface area contributed by atoms with Crippen molar-refractivity contribution in [2.75, 3.05) is 26.7 Å². The second-order valence-corrected chi connectivity index (χ2v) is 7.62. The average molecular weight is 393 g/mol. The summed E-state index contributed by atoms with van der Waals surface area (Å²) in [5.41, 5.74) is -0.494. The van der Waals surface area contributed by atoms with Crippen LogP contribution < -0.4 is 10.1 Å². The number of fused-ring (bicyclic) bond motifs is 1.